The quantitative estimate of drug-likeness (QED) is 0.680. The van der Waals surface area contributed by atoms with Crippen LogP contribution in [-0.2, 0) is 4.74 Å². The molecule has 0 spiro atoms. The zero-order valence-corrected chi connectivity index (χ0v) is 8.93. The van der Waals surface area contributed by atoms with Gasteiger partial charge in [0.25, 0.3) is 0 Å². The Labute approximate surface area is 86.1 Å². The lowest BCUT2D eigenvalue weighted by Gasteiger charge is -2.08. The Morgan fingerprint density at radius 2 is 2.31 bits per heavy atom. The molecule has 0 amide bonds. The second-order valence-corrected chi connectivity index (χ2v) is 3.50. The molecule has 3 atom stereocenters. The van der Waals surface area contributed by atoms with Gasteiger partial charge in [0.1, 0.15) is 0 Å². The summed E-state index contributed by atoms with van der Waals surface area (Å²) in [5, 5.41) is 8.66. The fraction of sp³-hybridized carbons (Fsp3) is 1.00. The maximum atomic E-state index is 8.66. The van der Waals surface area contributed by atoms with Crippen molar-refractivity contribution in [2.45, 2.75) is 25.8 Å². The summed E-state index contributed by atoms with van der Waals surface area (Å²) < 4.78 is 5.30. The molecule has 0 saturated heterocycles. The first kappa shape index (κ1) is 13.2. The van der Waals surface area contributed by atoms with Gasteiger partial charge in [-0.15, -0.1) is 12.4 Å². The van der Waals surface area contributed by atoms with Crippen LogP contribution in [0.3, 0.4) is 0 Å². The highest BCUT2D eigenvalue weighted by molar-refractivity contribution is 5.85. The summed E-state index contributed by atoms with van der Waals surface area (Å²) in [5.41, 5.74) is 5.84. The van der Waals surface area contributed by atoms with Gasteiger partial charge in [-0.25, -0.2) is 0 Å². The molecule has 1 saturated carbocycles. The van der Waals surface area contributed by atoms with Crippen LogP contribution in [-0.4, -0.2) is 31.0 Å². The number of hydrogen-bond acceptors (Lipinski definition) is 3. The Kier molecular flexibility index (Phi) is 6.68. The predicted octanol–water partition coefficient (Wildman–Crippen LogP) is 0.790. The van der Waals surface area contributed by atoms with E-state index in [-0.39, 0.29) is 25.1 Å². The summed E-state index contributed by atoms with van der Waals surface area (Å²) in [6.07, 6.45) is 1.91. The lowest BCUT2D eigenvalue weighted by atomic mass is 10.1. The van der Waals surface area contributed by atoms with E-state index in [1.807, 2.05) is 6.92 Å². The third-order valence-electron chi connectivity index (χ3n) is 2.53. The molecule has 0 heterocycles. The Balaban J connectivity index is 0.00000144. The summed E-state index contributed by atoms with van der Waals surface area (Å²) in [6, 6.07) is 0.181. The first-order valence-electron chi connectivity index (χ1n) is 4.73. The Morgan fingerprint density at radius 3 is 2.85 bits per heavy atom. The maximum absolute atomic E-state index is 8.66. The van der Waals surface area contributed by atoms with Gasteiger partial charge in [-0.3, -0.25) is 0 Å². The second-order valence-electron chi connectivity index (χ2n) is 3.50. The zero-order chi connectivity index (χ0) is 8.97. The van der Waals surface area contributed by atoms with Crippen molar-refractivity contribution in [2.24, 2.45) is 17.6 Å². The van der Waals surface area contributed by atoms with Crippen molar-refractivity contribution in [1.29, 1.82) is 0 Å². The van der Waals surface area contributed by atoms with Gasteiger partial charge in [0, 0.05) is 25.9 Å². The largest absolute Gasteiger partial charge is 0.396 e. The van der Waals surface area contributed by atoms with Gasteiger partial charge in [0.05, 0.1) is 0 Å². The molecule has 13 heavy (non-hydrogen) atoms. The molecule has 0 aromatic rings. The first-order valence-corrected chi connectivity index (χ1v) is 4.73. The normalized spacial score (nSPS) is 27.9. The summed E-state index contributed by atoms with van der Waals surface area (Å²) in [6.45, 7) is 3.85. The minimum atomic E-state index is 0. The molecule has 80 valence electrons. The van der Waals surface area contributed by atoms with Gasteiger partial charge < -0.3 is 15.6 Å². The zero-order valence-electron chi connectivity index (χ0n) is 8.11. The number of halogens is 1. The van der Waals surface area contributed by atoms with E-state index in [0.717, 1.165) is 19.6 Å². The van der Waals surface area contributed by atoms with Crippen LogP contribution in [0.4, 0.5) is 0 Å². The molecular formula is C9H20ClNO2. The van der Waals surface area contributed by atoms with Crippen molar-refractivity contribution >= 4 is 12.4 Å². The molecule has 3 nitrogen and oxygen atoms in total. The molecule has 4 heteroatoms. The highest BCUT2D eigenvalue weighted by atomic mass is 35.5. The molecule has 0 bridgehead atoms. The van der Waals surface area contributed by atoms with E-state index in [0.29, 0.717) is 11.8 Å². The van der Waals surface area contributed by atoms with Crippen LogP contribution in [0.1, 0.15) is 19.8 Å². The van der Waals surface area contributed by atoms with E-state index < -0.39 is 0 Å². The Hall–Kier alpha value is 0.170. The van der Waals surface area contributed by atoms with Crippen LogP contribution < -0.4 is 5.73 Å². The van der Waals surface area contributed by atoms with Crippen LogP contribution in [0.2, 0.25) is 0 Å². The summed E-state index contributed by atoms with van der Waals surface area (Å²) in [7, 11) is 0. The smallest absolute Gasteiger partial charge is 0.0497 e. The van der Waals surface area contributed by atoms with E-state index in [1.165, 1.54) is 6.42 Å². The third-order valence-corrected chi connectivity index (χ3v) is 2.53. The highest BCUT2D eigenvalue weighted by Gasteiger charge is 2.40. The first-order chi connectivity index (χ1) is 5.79. The molecule has 1 rings (SSSR count). The molecule has 1 aliphatic rings. The molecule has 0 aromatic heterocycles. The third kappa shape index (κ3) is 4.27. The van der Waals surface area contributed by atoms with E-state index in [2.05, 4.69) is 0 Å². The average molecular weight is 210 g/mol. The molecular weight excluding hydrogens is 190 g/mol. The van der Waals surface area contributed by atoms with Crippen LogP contribution in [0, 0.1) is 11.8 Å². The number of aliphatic hydroxyl groups excluding tert-OH is 1. The summed E-state index contributed by atoms with van der Waals surface area (Å²) in [4.78, 5) is 0. The lowest BCUT2D eigenvalue weighted by Crippen LogP contribution is -2.25. The lowest BCUT2D eigenvalue weighted by molar-refractivity contribution is 0.131. The standard InChI is InChI=1S/C9H19NO2.ClH/c1-2-12-6-7-5-8(7)9(10)3-4-11;/h7-9,11H,2-6,10H2,1H3;1H. The summed E-state index contributed by atoms with van der Waals surface area (Å²) in [5.74, 6) is 1.26. The van der Waals surface area contributed by atoms with E-state index in [9.17, 15) is 0 Å². The van der Waals surface area contributed by atoms with E-state index >= 15 is 0 Å². The highest BCUT2D eigenvalue weighted by Crippen LogP contribution is 2.41. The number of hydrogen-bond donors (Lipinski definition) is 2. The Morgan fingerprint density at radius 1 is 1.62 bits per heavy atom. The molecule has 0 radical (unpaired) electrons. The fourth-order valence-electron chi connectivity index (χ4n) is 1.62. The van der Waals surface area contributed by atoms with Gasteiger partial charge in [-0.1, -0.05) is 0 Å². The number of aliphatic hydroxyl groups is 1. The van der Waals surface area contributed by atoms with Crippen molar-refractivity contribution < 1.29 is 9.84 Å². The van der Waals surface area contributed by atoms with Crippen LogP contribution in [0.5, 0.6) is 0 Å². The van der Waals surface area contributed by atoms with Crippen LogP contribution in [0.15, 0.2) is 0 Å². The molecule has 0 aromatic carbocycles. The topological polar surface area (TPSA) is 55.5 Å². The molecule has 1 fully saturated rings. The van der Waals surface area contributed by atoms with Crippen molar-refractivity contribution in [3.05, 3.63) is 0 Å². The predicted molar refractivity (Wildman–Crippen MR) is 55.0 cm³/mol. The summed E-state index contributed by atoms with van der Waals surface area (Å²) >= 11 is 0. The minimum absolute atomic E-state index is 0. The van der Waals surface area contributed by atoms with Crippen LogP contribution in [0.25, 0.3) is 0 Å². The molecule has 3 unspecified atom stereocenters. The molecule has 3 N–H and O–H groups in total. The van der Waals surface area contributed by atoms with Gasteiger partial charge in [-0.2, -0.15) is 0 Å². The van der Waals surface area contributed by atoms with Crippen molar-refractivity contribution in [3.63, 3.8) is 0 Å². The van der Waals surface area contributed by atoms with E-state index in [1.54, 1.807) is 0 Å². The fourth-order valence-corrected chi connectivity index (χ4v) is 1.62. The van der Waals surface area contributed by atoms with Crippen LogP contribution >= 0.6 is 12.4 Å². The monoisotopic (exact) mass is 209 g/mol. The SMILES string of the molecule is CCOCC1CC1C(N)CCO.Cl. The number of nitrogens with two attached hydrogens (primary N) is 1. The van der Waals surface area contributed by atoms with Gasteiger partial charge in [0.2, 0.25) is 0 Å². The minimum Gasteiger partial charge on any atom is -0.396 e. The molecule has 1 aliphatic carbocycles. The second kappa shape index (κ2) is 6.60. The van der Waals surface area contributed by atoms with Gasteiger partial charge in [0.15, 0.2) is 0 Å². The van der Waals surface area contributed by atoms with Gasteiger partial charge >= 0.3 is 0 Å². The molecule has 0 aliphatic heterocycles. The van der Waals surface area contributed by atoms with Crippen molar-refractivity contribution in [3.8, 4) is 0 Å². The van der Waals surface area contributed by atoms with Gasteiger partial charge in [-0.05, 0) is 31.6 Å². The maximum Gasteiger partial charge on any atom is 0.0497 e. The van der Waals surface area contributed by atoms with Crippen molar-refractivity contribution in [1.82, 2.24) is 0 Å². The average Bonchev–Trinajstić information content (AvgIpc) is 2.80. The Bertz CT molecular complexity index is 135. The number of rotatable bonds is 6. The van der Waals surface area contributed by atoms with E-state index in [4.69, 9.17) is 15.6 Å². The number of ether oxygens (including phenoxy) is 1. The van der Waals surface area contributed by atoms with Crippen molar-refractivity contribution in [2.75, 3.05) is 19.8 Å².